The Balaban J connectivity index is 1.20. The summed E-state index contributed by atoms with van der Waals surface area (Å²) in [5, 5.41) is 10.7. The molecule has 0 bridgehead atoms. The van der Waals surface area contributed by atoms with Crippen molar-refractivity contribution in [2.24, 2.45) is 0 Å². The van der Waals surface area contributed by atoms with Gasteiger partial charge in [-0.1, -0.05) is 6.07 Å². The Labute approximate surface area is 178 Å². The molecule has 0 spiro atoms. The van der Waals surface area contributed by atoms with Crippen LogP contribution in [0.25, 0.3) is 21.3 Å². The predicted octanol–water partition coefficient (Wildman–Crippen LogP) is 5.99. The lowest BCUT2D eigenvalue weighted by molar-refractivity contribution is 0.215. The molecule has 0 saturated carbocycles. The van der Waals surface area contributed by atoms with Crippen molar-refractivity contribution in [3.8, 4) is 11.3 Å². The average Bonchev–Trinajstić information content (AvgIpc) is 3.40. The van der Waals surface area contributed by atoms with Crippen molar-refractivity contribution >= 4 is 21.4 Å². The fourth-order valence-electron chi connectivity index (χ4n) is 4.45. The zero-order valence-electron chi connectivity index (χ0n) is 16.6. The summed E-state index contributed by atoms with van der Waals surface area (Å²) in [6.07, 6.45) is 5.04. The largest absolute Gasteiger partial charge is 0.303 e. The van der Waals surface area contributed by atoms with Gasteiger partial charge in [0.2, 0.25) is 0 Å². The number of thiophene rings is 1. The smallest absolute Gasteiger partial charge is 0.124 e. The van der Waals surface area contributed by atoms with Crippen molar-refractivity contribution < 1.29 is 8.78 Å². The molecule has 3 nitrogen and oxygen atoms in total. The fourth-order valence-corrected chi connectivity index (χ4v) is 5.52. The van der Waals surface area contributed by atoms with Crippen LogP contribution >= 0.6 is 11.3 Å². The second-order valence-corrected chi connectivity index (χ2v) is 8.89. The Morgan fingerprint density at radius 1 is 1.03 bits per heavy atom. The summed E-state index contributed by atoms with van der Waals surface area (Å²) in [4.78, 5) is 2.51. The highest BCUT2D eigenvalue weighted by molar-refractivity contribution is 7.17. The van der Waals surface area contributed by atoms with Gasteiger partial charge in [-0.2, -0.15) is 5.10 Å². The van der Waals surface area contributed by atoms with Gasteiger partial charge in [0.1, 0.15) is 11.6 Å². The summed E-state index contributed by atoms with van der Waals surface area (Å²) in [6, 6.07) is 11.7. The lowest BCUT2D eigenvalue weighted by Crippen LogP contribution is -2.34. The second kappa shape index (κ2) is 8.28. The van der Waals surface area contributed by atoms with E-state index < -0.39 is 0 Å². The van der Waals surface area contributed by atoms with Gasteiger partial charge in [0, 0.05) is 16.8 Å². The van der Waals surface area contributed by atoms with Gasteiger partial charge in [0.15, 0.2) is 0 Å². The molecule has 4 aromatic rings. The Kier molecular flexibility index (Phi) is 5.35. The number of nitrogens with zero attached hydrogens (tertiary/aromatic N) is 2. The maximum Gasteiger partial charge on any atom is 0.124 e. The minimum Gasteiger partial charge on any atom is -0.303 e. The fraction of sp³-hybridized carbons (Fsp3) is 0.292. The van der Waals surface area contributed by atoms with E-state index in [0.29, 0.717) is 5.92 Å². The number of rotatable bonds is 5. The number of fused-ring (bicyclic) bond motifs is 1. The standard InChI is InChI=1S/C24H23F2N3S/c25-19-3-1-17(2-4-19)24-18(14-27-28-24)9-12-29-10-7-16(8-11-29)22-15-30-23-13-20(26)5-6-21(22)23/h1-6,13-16H,7-12H2,(H,27,28). The van der Waals surface area contributed by atoms with Crippen molar-refractivity contribution in [2.75, 3.05) is 19.6 Å². The van der Waals surface area contributed by atoms with Gasteiger partial charge < -0.3 is 4.90 Å². The zero-order chi connectivity index (χ0) is 20.5. The number of likely N-dealkylation sites (tertiary alicyclic amines) is 1. The second-order valence-electron chi connectivity index (χ2n) is 7.97. The predicted molar refractivity (Wildman–Crippen MR) is 118 cm³/mol. The topological polar surface area (TPSA) is 31.9 Å². The molecular formula is C24H23F2N3S. The molecule has 30 heavy (non-hydrogen) atoms. The summed E-state index contributed by atoms with van der Waals surface area (Å²) in [6.45, 7) is 3.11. The molecule has 1 aliphatic heterocycles. The Bertz CT molecular complexity index is 1140. The van der Waals surface area contributed by atoms with Crippen LogP contribution in [0.5, 0.6) is 0 Å². The third-order valence-electron chi connectivity index (χ3n) is 6.14. The number of piperidine rings is 1. The average molecular weight is 424 g/mol. The molecule has 0 atom stereocenters. The summed E-state index contributed by atoms with van der Waals surface area (Å²) in [5.74, 6) is 0.153. The van der Waals surface area contributed by atoms with Gasteiger partial charge in [0.05, 0.1) is 11.9 Å². The molecule has 0 amide bonds. The molecule has 5 rings (SSSR count). The summed E-state index contributed by atoms with van der Waals surface area (Å²) in [5.41, 5.74) is 4.47. The SMILES string of the molecule is Fc1ccc(-c2[nH]ncc2CCN2CCC(c3csc4cc(F)ccc34)CC2)cc1. The third-order valence-corrected chi connectivity index (χ3v) is 7.11. The molecule has 1 fully saturated rings. The van der Waals surface area contributed by atoms with Gasteiger partial charge in [-0.3, -0.25) is 5.10 Å². The molecule has 0 radical (unpaired) electrons. The lowest BCUT2D eigenvalue weighted by Gasteiger charge is -2.32. The van der Waals surface area contributed by atoms with Gasteiger partial charge in [-0.25, -0.2) is 8.78 Å². The Morgan fingerprint density at radius 3 is 2.60 bits per heavy atom. The normalized spacial score (nSPS) is 15.8. The molecule has 1 saturated heterocycles. The lowest BCUT2D eigenvalue weighted by atomic mass is 9.89. The van der Waals surface area contributed by atoms with Gasteiger partial charge in [0.25, 0.3) is 0 Å². The summed E-state index contributed by atoms with van der Waals surface area (Å²) < 4.78 is 27.7. The van der Waals surface area contributed by atoms with Crippen LogP contribution in [-0.2, 0) is 6.42 Å². The van der Waals surface area contributed by atoms with E-state index >= 15 is 0 Å². The van der Waals surface area contributed by atoms with Crippen LogP contribution in [0.15, 0.2) is 54.0 Å². The van der Waals surface area contributed by atoms with Crippen molar-refractivity contribution in [1.82, 2.24) is 15.1 Å². The number of H-pyrrole nitrogens is 1. The number of aromatic amines is 1. The molecule has 1 aliphatic rings. The van der Waals surface area contributed by atoms with Crippen LogP contribution < -0.4 is 0 Å². The minimum atomic E-state index is -0.230. The van der Waals surface area contributed by atoms with Crippen LogP contribution in [0.3, 0.4) is 0 Å². The van der Waals surface area contributed by atoms with E-state index in [1.807, 2.05) is 12.3 Å². The monoisotopic (exact) mass is 423 g/mol. The molecule has 6 heteroatoms. The van der Waals surface area contributed by atoms with Crippen molar-refractivity contribution in [3.05, 3.63) is 76.8 Å². The van der Waals surface area contributed by atoms with Gasteiger partial charge >= 0.3 is 0 Å². The first-order chi connectivity index (χ1) is 14.7. The highest BCUT2D eigenvalue weighted by Crippen LogP contribution is 2.37. The van der Waals surface area contributed by atoms with Crippen molar-refractivity contribution in [2.45, 2.75) is 25.2 Å². The van der Waals surface area contributed by atoms with E-state index in [1.165, 1.54) is 23.1 Å². The zero-order valence-corrected chi connectivity index (χ0v) is 17.4. The van der Waals surface area contributed by atoms with E-state index in [-0.39, 0.29) is 11.6 Å². The molecule has 0 unspecified atom stereocenters. The third kappa shape index (κ3) is 3.89. The van der Waals surface area contributed by atoms with Gasteiger partial charge in [-0.15, -0.1) is 11.3 Å². The number of aromatic nitrogens is 2. The van der Waals surface area contributed by atoms with E-state index in [1.54, 1.807) is 35.6 Å². The first-order valence-corrected chi connectivity index (χ1v) is 11.2. The summed E-state index contributed by atoms with van der Waals surface area (Å²) >= 11 is 1.64. The number of benzene rings is 2. The first kappa shape index (κ1) is 19.4. The molecule has 2 aromatic heterocycles. The van der Waals surface area contributed by atoms with Crippen molar-refractivity contribution in [3.63, 3.8) is 0 Å². The van der Waals surface area contributed by atoms with E-state index in [0.717, 1.165) is 60.4 Å². The Morgan fingerprint density at radius 2 is 1.80 bits per heavy atom. The number of hydrogen-bond acceptors (Lipinski definition) is 3. The molecule has 0 aliphatic carbocycles. The summed E-state index contributed by atoms with van der Waals surface area (Å²) in [7, 11) is 0. The minimum absolute atomic E-state index is 0.162. The maximum atomic E-state index is 13.5. The van der Waals surface area contributed by atoms with Crippen LogP contribution in [0.2, 0.25) is 0 Å². The molecule has 2 aromatic carbocycles. The number of hydrogen-bond donors (Lipinski definition) is 1. The highest BCUT2D eigenvalue weighted by atomic mass is 32.1. The molecule has 1 N–H and O–H groups in total. The first-order valence-electron chi connectivity index (χ1n) is 10.3. The number of halogens is 2. The van der Waals surface area contributed by atoms with E-state index in [2.05, 4.69) is 20.5 Å². The molecule has 3 heterocycles. The van der Waals surface area contributed by atoms with Crippen LogP contribution in [0, 0.1) is 11.6 Å². The van der Waals surface area contributed by atoms with Crippen LogP contribution in [0.4, 0.5) is 8.78 Å². The van der Waals surface area contributed by atoms with E-state index in [9.17, 15) is 8.78 Å². The van der Waals surface area contributed by atoms with Crippen LogP contribution in [-0.4, -0.2) is 34.7 Å². The molecule has 154 valence electrons. The highest BCUT2D eigenvalue weighted by Gasteiger charge is 2.23. The molecular weight excluding hydrogens is 400 g/mol. The van der Waals surface area contributed by atoms with Crippen molar-refractivity contribution in [1.29, 1.82) is 0 Å². The quantitative estimate of drug-likeness (QED) is 0.427. The van der Waals surface area contributed by atoms with E-state index in [4.69, 9.17) is 0 Å². The van der Waals surface area contributed by atoms with Gasteiger partial charge in [-0.05, 0) is 96.6 Å². The van der Waals surface area contributed by atoms with Crippen LogP contribution in [0.1, 0.15) is 29.9 Å². The Hall–Kier alpha value is -2.57. The maximum absolute atomic E-state index is 13.5. The number of nitrogens with one attached hydrogen (secondary N) is 1.